The molecule has 4 nitrogen and oxygen atoms in total. The molecule has 5 heteroatoms. The van der Waals surface area contributed by atoms with Gasteiger partial charge in [-0.05, 0) is 17.7 Å². The molecule has 82 valence electrons. The van der Waals surface area contributed by atoms with Gasteiger partial charge in [-0.15, -0.1) is 12.6 Å². The smallest absolute Gasteiger partial charge is 0.220 e. The number of carbonyl (C=O) groups is 1. The molecule has 0 fully saturated rings. The molecule has 0 saturated heterocycles. The minimum absolute atomic E-state index is 0.260. The first kappa shape index (κ1) is 12.0. The van der Waals surface area contributed by atoms with Crippen LogP contribution in [0.15, 0.2) is 29.2 Å². The number of aliphatic hydroxyl groups excluding tert-OH is 2. The quantitative estimate of drug-likeness (QED) is 0.556. The molecule has 1 amide bonds. The normalized spacial score (nSPS) is 14.6. The van der Waals surface area contributed by atoms with Crippen LogP contribution in [-0.4, -0.2) is 22.2 Å². The van der Waals surface area contributed by atoms with Crippen molar-refractivity contribution in [3.8, 4) is 0 Å². The van der Waals surface area contributed by atoms with Crippen molar-refractivity contribution >= 4 is 18.5 Å². The average Bonchev–Trinajstić information content (AvgIpc) is 2.17. The molecular weight excluding hydrogens is 214 g/mol. The number of primary amides is 1. The summed E-state index contributed by atoms with van der Waals surface area (Å²) < 4.78 is 0. The highest BCUT2D eigenvalue weighted by atomic mass is 32.1. The van der Waals surface area contributed by atoms with Crippen molar-refractivity contribution in [1.82, 2.24) is 0 Å². The Hall–Kier alpha value is -1.04. The van der Waals surface area contributed by atoms with E-state index in [1.807, 2.05) is 0 Å². The fourth-order valence-corrected chi connectivity index (χ4v) is 1.36. The summed E-state index contributed by atoms with van der Waals surface area (Å²) in [6, 6.07) is 6.66. The lowest BCUT2D eigenvalue weighted by molar-refractivity contribution is -0.121. The van der Waals surface area contributed by atoms with Crippen molar-refractivity contribution in [3.63, 3.8) is 0 Å². The lowest BCUT2D eigenvalue weighted by Crippen LogP contribution is -2.25. The number of thiol groups is 1. The first-order chi connectivity index (χ1) is 7.00. The predicted octanol–water partition coefficient (Wildman–Crippen LogP) is 0.245. The van der Waals surface area contributed by atoms with Gasteiger partial charge >= 0.3 is 0 Å². The summed E-state index contributed by atoms with van der Waals surface area (Å²) in [5.41, 5.74) is 5.44. The zero-order valence-electron chi connectivity index (χ0n) is 8.00. The zero-order chi connectivity index (χ0) is 11.4. The number of nitrogens with two attached hydrogens (primary N) is 1. The van der Waals surface area contributed by atoms with Crippen LogP contribution in [-0.2, 0) is 4.79 Å². The van der Waals surface area contributed by atoms with Gasteiger partial charge in [0.15, 0.2) is 0 Å². The highest BCUT2D eigenvalue weighted by Gasteiger charge is 2.19. The third-order valence-corrected chi connectivity index (χ3v) is 2.31. The number of rotatable bonds is 4. The van der Waals surface area contributed by atoms with Gasteiger partial charge in [0, 0.05) is 4.90 Å². The Kier molecular flexibility index (Phi) is 4.14. The Morgan fingerprint density at radius 3 is 2.33 bits per heavy atom. The molecule has 1 rings (SSSR count). The third-order valence-electron chi connectivity index (χ3n) is 2.01. The summed E-state index contributed by atoms with van der Waals surface area (Å²) in [6.07, 6.45) is -2.54. The fourth-order valence-electron chi connectivity index (χ4n) is 1.21. The van der Waals surface area contributed by atoms with Crippen LogP contribution in [0.1, 0.15) is 18.1 Å². The van der Waals surface area contributed by atoms with E-state index < -0.39 is 18.1 Å². The molecule has 0 aliphatic rings. The molecule has 2 atom stereocenters. The van der Waals surface area contributed by atoms with Gasteiger partial charge in [0.25, 0.3) is 0 Å². The molecule has 0 aromatic heterocycles. The summed E-state index contributed by atoms with van der Waals surface area (Å²) in [5, 5.41) is 19.1. The van der Waals surface area contributed by atoms with E-state index in [-0.39, 0.29) is 6.42 Å². The van der Waals surface area contributed by atoms with Crippen LogP contribution in [0, 0.1) is 0 Å². The topological polar surface area (TPSA) is 83.6 Å². The Morgan fingerprint density at radius 1 is 1.33 bits per heavy atom. The second-order valence-electron chi connectivity index (χ2n) is 3.27. The molecule has 0 radical (unpaired) electrons. The molecule has 0 bridgehead atoms. The molecule has 2 unspecified atom stereocenters. The molecule has 0 heterocycles. The number of carbonyl (C=O) groups excluding carboxylic acids is 1. The Bertz CT molecular complexity index is 339. The maximum Gasteiger partial charge on any atom is 0.220 e. The van der Waals surface area contributed by atoms with Gasteiger partial charge in [-0.3, -0.25) is 4.79 Å². The van der Waals surface area contributed by atoms with E-state index in [1.165, 1.54) is 0 Å². The molecule has 0 aliphatic heterocycles. The summed E-state index contributed by atoms with van der Waals surface area (Å²) in [5.74, 6) is -0.646. The van der Waals surface area contributed by atoms with Gasteiger partial charge in [0.2, 0.25) is 5.91 Å². The standard InChI is InChI=1S/C10H13NO3S/c11-9(13)5-8(12)10(14)6-1-3-7(15)4-2-6/h1-4,8,10,12,14-15H,5H2,(H2,11,13). The Balaban J connectivity index is 2.71. The fraction of sp³-hybridized carbons (Fsp3) is 0.300. The first-order valence-electron chi connectivity index (χ1n) is 4.44. The van der Waals surface area contributed by atoms with E-state index in [2.05, 4.69) is 12.6 Å². The van der Waals surface area contributed by atoms with Crippen LogP contribution in [0.4, 0.5) is 0 Å². The minimum atomic E-state index is -1.17. The van der Waals surface area contributed by atoms with Crippen molar-refractivity contribution in [2.75, 3.05) is 0 Å². The second kappa shape index (κ2) is 5.16. The monoisotopic (exact) mass is 227 g/mol. The van der Waals surface area contributed by atoms with Gasteiger partial charge < -0.3 is 15.9 Å². The van der Waals surface area contributed by atoms with E-state index in [0.717, 1.165) is 4.90 Å². The van der Waals surface area contributed by atoms with Crippen LogP contribution < -0.4 is 5.73 Å². The van der Waals surface area contributed by atoms with Crippen LogP contribution in [0.3, 0.4) is 0 Å². The molecule has 1 aromatic rings. The van der Waals surface area contributed by atoms with Crippen LogP contribution >= 0.6 is 12.6 Å². The maximum atomic E-state index is 10.5. The summed E-state index contributed by atoms with van der Waals surface area (Å²) >= 11 is 4.09. The van der Waals surface area contributed by atoms with Crippen molar-refractivity contribution in [2.45, 2.75) is 23.5 Å². The summed E-state index contributed by atoms with van der Waals surface area (Å²) in [7, 11) is 0. The Labute approximate surface area is 93.1 Å². The van der Waals surface area contributed by atoms with E-state index >= 15 is 0 Å². The van der Waals surface area contributed by atoms with Crippen molar-refractivity contribution in [1.29, 1.82) is 0 Å². The number of hydrogen-bond acceptors (Lipinski definition) is 4. The maximum absolute atomic E-state index is 10.5. The minimum Gasteiger partial charge on any atom is -0.390 e. The molecular formula is C10H13NO3S. The molecule has 0 spiro atoms. The average molecular weight is 227 g/mol. The second-order valence-corrected chi connectivity index (χ2v) is 3.79. The van der Waals surface area contributed by atoms with Gasteiger partial charge in [0.05, 0.1) is 12.5 Å². The van der Waals surface area contributed by atoms with Gasteiger partial charge in [-0.1, -0.05) is 12.1 Å². The number of amides is 1. The van der Waals surface area contributed by atoms with Crippen LogP contribution in [0.2, 0.25) is 0 Å². The van der Waals surface area contributed by atoms with E-state index in [9.17, 15) is 15.0 Å². The van der Waals surface area contributed by atoms with Gasteiger partial charge in [-0.25, -0.2) is 0 Å². The number of benzene rings is 1. The number of hydrogen-bond donors (Lipinski definition) is 4. The van der Waals surface area contributed by atoms with Crippen molar-refractivity contribution < 1.29 is 15.0 Å². The summed E-state index contributed by atoms with van der Waals surface area (Å²) in [6.45, 7) is 0. The molecule has 0 aliphatic carbocycles. The lowest BCUT2D eigenvalue weighted by Gasteiger charge is -2.16. The third kappa shape index (κ3) is 3.54. The lowest BCUT2D eigenvalue weighted by atomic mass is 10.0. The van der Waals surface area contributed by atoms with Crippen molar-refractivity contribution in [3.05, 3.63) is 29.8 Å². The largest absolute Gasteiger partial charge is 0.390 e. The van der Waals surface area contributed by atoms with Crippen molar-refractivity contribution in [2.24, 2.45) is 5.73 Å². The van der Waals surface area contributed by atoms with E-state index in [1.54, 1.807) is 24.3 Å². The van der Waals surface area contributed by atoms with E-state index in [4.69, 9.17) is 5.73 Å². The highest BCUT2D eigenvalue weighted by Crippen LogP contribution is 2.20. The van der Waals surface area contributed by atoms with Gasteiger partial charge in [0.1, 0.15) is 6.10 Å². The zero-order valence-corrected chi connectivity index (χ0v) is 8.89. The molecule has 15 heavy (non-hydrogen) atoms. The Morgan fingerprint density at radius 2 is 1.87 bits per heavy atom. The first-order valence-corrected chi connectivity index (χ1v) is 4.89. The van der Waals surface area contributed by atoms with Crippen LogP contribution in [0.5, 0.6) is 0 Å². The predicted molar refractivity (Wildman–Crippen MR) is 58.5 cm³/mol. The SMILES string of the molecule is NC(=O)CC(O)C(O)c1ccc(S)cc1. The van der Waals surface area contributed by atoms with E-state index in [0.29, 0.717) is 5.56 Å². The number of aliphatic hydroxyl groups is 2. The molecule has 1 aromatic carbocycles. The van der Waals surface area contributed by atoms with Crippen LogP contribution in [0.25, 0.3) is 0 Å². The summed E-state index contributed by atoms with van der Waals surface area (Å²) in [4.78, 5) is 11.3. The molecule has 4 N–H and O–H groups in total. The highest BCUT2D eigenvalue weighted by molar-refractivity contribution is 7.80. The van der Waals surface area contributed by atoms with Gasteiger partial charge in [-0.2, -0.15) is 0 Å². The molecule has 0 saturated carbocycles.